The van der Waals surface area contributed by atoms with Gasteiger partial charge in [-0.1, -0.05) is 11.6 Å². The van der Waals surface area contributed by atoms with E-state index in [9.17, 15) is 28.1 Å². The lowest BCUT2D eigenvalue weighted by atomic mass is 10.1. The Morgan fingerprint density at radius 2 is 2.05 bits per heavy atom. The number of nitrogens with zero attached hydrogens (tertiary/aromatic N) is 2. The van der Waals surface area contributed by atoms with Crippen LogP contribution in [0, 0.1) is 10.1 Å². The summed E-state index contributed by atoms with van der Waals surface area (Å²) in [7, 11) is 2.34. The van der Waals surface area contributed by atoms with Crippen molar-refractivity contribution in [2.45, 2.75) is 6.18 Å². The zero-order valence-electron chi connectivity index (χ0n) is 11.0. The van der Waals surface area contributed by atoms with Crippen LogP contribution < -0.4 is 5.32 Å². The first kappa shape index (κ1) is 17.0. The molecule has 0 saturated carbocycles. The Balaban J connectivity index is 3.20. The van der Waals surface area contributed by atoms with Crippen molar-refractivity contribution in [2.75, 3.05) is 26.0 Å². The van der Waals surface area contributed by atoms with Gasteiger partial charge >= 0.3 is 6.18 Å². The maximum atomic E-state index is 12.2. The van der Waals surface area contributed by atoms with Crippen molar-refractivity contribution in [1.29, 1.82) is 0 Å². The van der Waals surface area contributed by atoms with Gasteiger partial charge in [0.05, 0.1) is 9.95 Å². The highest BCUT2D eigenvalue weighted by Gasteiger charge is 2.32. The number of carbonyl (C=O) groups excluding carboxylic acids is 1. The van der Waals surface area contributed by atoms with Gasteiger partial charge in [0.2, 0.25) is 0 Å². The molecular weight excluding hydrogens is 315 g/mol. The number of hydrogen-bond donors (Lipinski definition) is 1. The Bertz CT molecular complexity index is 578. The molecule has 21 heavy (non-hydrogen) atoms. The predicted molar refractivity (Wildman–Crippen MR) is 70.7 cm³/mol. The van der Waals surface area contributed by atoms with Crippen LogP contribution in [-0.2, 0) is 0 Å². The number of hydrogen-bond acceptors (Lipinski definition) is 4. The Morgan fingerprint density at radius 3 is 2.48 bits per heavy atom. The molecule has 116 valence electrons. The van der Waals surface area contributed by atoms with Crippen molar-refractivity contribution >= 4 is 28.9 Å². The smallest absolute Gasteiger partial charge is 0.381 e. The predicted octanol–water partition coefficient (Wildman–Crippen LogP) is 2.92. The molecule has 0 aromatic heterocycles. The molecule has 1 amide bonds. The highest BCUT2D eigenvalue weighted by Crippen LogP contribution is 2.33. The number of benzene rings is 1. The van der Waals surface area contributed by atoms with Crippen LogP contribution in [0.2, 0.25) is 5.02 Å². The maximum absolute atomic E-state index is 12.2. The monoisotopic (exact) mass is 325 g/mol. The third-order valence-corrected chi connectivity index (χ3v) is 2.82. The summed E-state index contributed by atoms with van der Waals surface area (Å²) in [6.07, 6.45) is -4.56. The average Bonchev–Trinajstić information content (AvgIpc) is 2.34. The fourth-order valence-corrected chi connectivity index (χ4v) is 1.98. The molecular formula is C11H11ClF3N3O3. The molecule has 0 saturated heterocycles. The number of nitro benzene ring substituents is 1. The highest BCUT2D eigenvalue weighted by molar-refractivity contribution is 6.34. The Kier molecular flexibility index (Phi) is 5.00. The fourth-order valence-electron chi connectivity index (χ4n) is 1.67. The van der Waals surface area contributed by atoms with E-state index in [0.29, 0.717) is 4.90 Å². The van der Waals surface area contributed by atoms with Crippen LogP contribution in [0.3, 0.4) is 0 Å². The molecule has 0 radical (unpaired) electrons. The van der Waals surface area contributed by atoms with E-state index < -0.39 is 29.2 Å². The van der Waals surface area contributed by atoms with Crippen LogP contribution >= 0.6 is 11.6 Å². The minimum absolute atomic E-state index is 0.0170. The molecule has 0 heterocycles. The van der Waals surface area contributed by atoms with E-state index >= 15 is 0 Å². The van der Waals surface area contributed by atoms with Gasteiger partial charge in [0.15, 0.2) is 0 Å². The van der Waals surface area contributed by atoms with Crippen LogP contribution in [0.1, 0.15) is 10.4 Å². The van der Waals surface area contributed by atoms with E-state index in [4.69, 9.17) is 11.6 Å². The number of nitrogens with one attached hydrogen (secondary N) is 1. The van der Waals surface area contributed by atoms with Crippen LogP contribution in [-0.4, -0.2) is 42.5 Å². The summed E-state index contributed by atoms with van der Waals surface area (Å²) in [5.41, 5.74) is -0.803. The van der Waals surface area contributed by atoms with Crippen LogP contribution in [0.4, 0.5) is 24.5 Å². The number of nitro groups is 1. The summed E-state index contributed by atoms with van der Waals surface area (Å²) >= 11 is 5.80. The molecule has 0 atom stereocenters. The topological polar surface area (TPSA) is 75.5 Å². The lowest BCUT2D eigenvalue weighted by Gasteiger charge is -2.19. The summed E-state index contributed by atoms with van der Waals surface area (Å²) in [6.45, 7) is -1.47. The normalized spacial score (nSPS) is 11.1. The van der Waals surface area contributed by atoms with Crippen molar-refractivity contribution < 1.29 is 22.9 Å². The average molecular weight is 326 g/mol. The van der Waals surface area contributed by atoms with Gasteiger partial charge in [0, 0.05) is 25.7 Å². The molecule has 0 spiro atoms. The second kappa shape index (κ2) is 6.17. The Morgan fingerprint density at radius 1 is 1.48 bits per heavy atom. The highest BCUT2D eigenvalue weighted by atomic mass is 35.5. The second-order valence-electron chi connectivity index (χ2n) is 4.14. The number of rotatable bonds is 4. The van der Waals surface area contributed by atoms with Crippen molar-refractivity contribution in [3.05, 3.63) is 32.8 Å². The molecule has 0 fully saturated rings. The summed E-state index contributed by atoms with van der Waals surface area (Å²) in [5.74, 6) is -1.01. The molecule has 0 unspecified atom stereocenters. The summed E-state index contributed by atoms with van der Waals surface area (Å²) < 4.78 is 36.7. The standard InChI is InChI=1S/C11H11ClF3N3O3/c1-16-9-7(12)3-6(4-8(9)18(20)21)10(19)17(2)5-11(13,14)15/h3-4,16H,5H2,1-2H3. The molecule has 0 aliphatic heterocycles. The molecule has 0 aliphatic carbocycles. The van der Waals surface area contributed by atoms with Crippen LogP contribution in [0.5, 0.6) is 0 Å². The molecule has 1 rings (SSSR count). The zero-order chi connectivity index (χ0) is 16.4. The first-order chi connectivity index (χ1) is 9.56. The third kappa shape index (κ3) is 4.22. The van der Waals surface area contributed by atoms with Gasteiger partial charge in [-0.25, -0.2) is 0 Å². The number of anilines is 1. The lowest BCUT2D eigenvalue weighted by Crippen LogP contribution is -2.35. The SMILES string of the molecule is CNc1c(Cl)cc(C(=O)N(C)CC(F)(F)F)cc1[N+](=O)[O-]. The van der Waals surface area contributed by atoms with Gasteiger partial charge in [0.25, 0.3) is 11.6 Å². The molecule has 1 aromatic carbocycles. The second-order valence-corrected chi connectivity index (χ2v) is 4.54. The minimum atomic E-state index is -4.56. The minimum Gasteiger partial charge on any atom is -0.381 e. The number of amides is 1. The van der Waals surface area contributed by atoms with Gasteiger partial charge in [0.1, 0.15) is 12.2 Å². The fraction of sp³-hybridized carbons (Fsp3) is 0.364. The number of alkyl halides is 3. The first-order valence-electron chi connectivity index (χ1n) is 5.54. The van der Waals surface area contributed by atoms with E-state index in [1.807, 2.05) is 0 Å². The van der Waals surface area contributed by atoms with Gasteiger partial charge in [-0.15, -0.1) is 0 Å². The molecule has 10 heteroatoms. The van der Waals surface area contributed by atoms with E-state index in [-0.39, 0.29) is 16.3 Å². The maximum Gasteiger partial charge on any atom is 0.406 e. The zero-order valence-corrected chi connectivity index (χ0v) is 11.7. The Hall–Kier alpha value is -2.03. The van der Waals surface area contributed by atoms with E-state index in [1.54, 1.807) is 0 Å². The van der Waals surface area contributed by atoms with E-state index in [2.05, 4.69) is 5.32 Å². The third-order valence-electron chi connectivity index (χ3n) is 2.53. The lowest BCUT2D eigenvalue weighted by molar-refractivity contribution is -0.383. The van der Waals surface area contributed by atoms with Crippen molar-refractivity contribution in [3.8, 4) is 0 Å². The number of carbonyl (C=O) groups is 1. The van der Waals surface area contributed by atoms with E-state index in [0.717, 1.165) is 19.2 Å². The molecule has 0 bridgehead atoms. The summed E-state index contributed by atoms with van der Waals surface area (Å²) in [6, 6.07) is 1.96. The van der Waals surface area contributed by atoms with Gasteiger partial charge in [-0.05, 0) is 6.07 Å². The summed E-state index contributed by atoms with van der Waals surface area (Å²) in [4.78, 5) is 22.4. The molecule has 1 N–H and O–H groups in total. The van der Waals surface area contributed by atoms with Gasteiger partial charge in [-0.3, -0.25) is 14.9 Å². The molecule has 6 nitrogen and oxygen atoms in total. The van der Waals surface area contributed by atoms with Crippen molar-refractivity contribution in [3.63, 3.8) is 0 Å². The van der Waals surface area contributed by atoms with Crippen molar-refractivity contribution in [1.82, 2.24) is 4.90 Å². The van der Waals surface area contributed by atoms with Crippen molar-refractivity contribution in [2.24, 2.45) is 0 Å². The van der Waals surface area contributed by atoms with Gasteiger partial charge < -0.3 is 10.2 Å². The molecule has 1 aromatic rings. The summed E-state index contributed by atoms with van der Waals surface area (Å²) in [5, 5.41) is 13.3. The number of halogens is 4. The molecule has 0 aliphatic rings. The largest absolute Gasteiger partial charge is 0.406 e. The first-order valence-corrected chi connectivity index (χ1v) is 5.92. The van der Waals surface area contributed by atoms with Gasteiger partial charge in [-0.2, -0.15) is 13.2 Å². The quantitative estimate of drug-likeness (QED) is 0.682. The van der Waals surface area contributed by atoms with Crippen LogP contribution in [0.15, 0.2) is 12.1 Å². The Labute approximate surface area is 122 Å². The van der Waals surface area contributed by atoms with E-state index in [1.165, 1.54) is 7.05 Å². The van der Waals surface area contributed by atoms with Crippen LogP contribution in [0.25, 0.3) is 0 Å².